The highest BCUT2D eigenvalue weighted by molar-refractivity contribution is 5.91. The van der Waals surface area contributed by atoms with Gasteiger partial charge in [-0.1, -0.05) is 6.92 Å². The molecule has 2 rings (SSSR count). The molecule has 11 nitrogen and oxygen atoms in total. The van der Waals surface area contributed by atoms with Crippen LogP contribution in [0.5, 0.6) is 0 Å². The van der Waals surface area contributed by atoms with Crippen molar-refractivity contribution in [3.63, 3.8) is 0 Å². The van der Waals surface area contributed by atoms with Crippen molar-refractivity contribution >= 4 is 17.8 Å². The Morgan fingerprint density at radius 2 is 1.77 bits per heavy atom. The normalized spacial score (nSPS) is 18.8. The molecule has 2 heterocycles. The van der Waals surface area contributed by atoms with E-state index in [9.17, 15) is 14.4 Å². The highest BCUT2D eigenvalue weighted by Crippen LogP contribution is 2.34. The SMILES string of the molecule is CCC1(CCNCC(=O)N[C@@H](CC(=O)O)C(=O)NCCC2(C)N=N2)N=N1. The maximum Gasteiger partial charge on any atom is 0.305 e. The third-order valence-electron chi connectivity index (χ3n) is 4.31. The van der Waals surface area contributed by atoms with Gasteiger partial charge < -0.3 is 21.1 Å². The van der Waals surface area contributed by atoms with Crippen molar-refractivity contribution in [3.05, 3.63) is 0 Å². The first-order valence-electron chi connectivity index (χ1n) is 8.65. The Labute approximate surface area is 151 Å². The van der Waals surface area contributed by atoms with Crippen LogP contribution in [-0.4, -0.2) is 59.9 Å². The molecule has 0 saturated heterocycles. The van der Waals surface area contributed by atoms with Crippen LogP contribution in [0.2, 0.25) is 0 Å². The lowest BCUT2D eigenvalue weighted by Gasteiger charge is -2.17. The minimum Gasteiger partial charge on any atom is -0.481 e. The maximum atomic E-state index is 12.1. The van der Waals surface area contributed by atoms with Crippen molar-refractivity contribution in [2.75, 3.05) is 19.6 Å². The predicted octanol–water partition coefficient (Wildman–Crippen LogP) is 0.186. The molecule has 2 amide bonds. The monoisotopic (exact) mass is 367 g/mol. The fourth-order valence-electron chi connectivity index (χ4n) is 2.34. The predicted molar refractivity (Wildman–Crippen MR) is 90.4 cm³/mol. The number of hydrogen-bond donors (Lipinski definition) is 4. The van der Waals surface area contributed by atoms with Gasteiger partial charge in [0.15, 0.2) is 11.3 Å². The Morgan fingerprint density at radius 3 is 2.31 bits per heavy atom. The minimum absolute atomic E-state index is 0.0149. The number of hydrogen-bond acceptors (Lipinski definition) is 8. The third-order valence-corrected chi connectivity index (χ3v) is 4.31. The van der Waals surface area contributed by atoms with Crippen molar-refractivity contribution in [2.45, 2.75) is 56.9 Å². The van der Waals surface area contributed by atoms with Crippen LogP contribution in [0.3, 0.4) is 0 Å². The molecule has 0 aromatic carbocycles. The van der Waals surface area contributed by atoms with Crippen LogP contribution in [0.1, 0.15) is 39.5 Å². The molecule has 1 atom stereocenters. The number of rotatable bonds is 13. The minimum atomic E-state index is -1.17. The summed E-state index contributed by atoms with van der Waals surface area (Å²) in [5.74, 6) is -2.15. The average Bonchev–Trinajstić information content (AvgIpc) is 3.49. The summed E-state index contributed by atoms with van der Waals surface area (Å²) in [7, 11) is 0. The second-order valence-electron chi connectivity index (χ2n) is 6.64. The first kappa shape index (κ1) is 19.9. The van der Waals surface area contributed by atoms with Gasteiger partial charge in [-0.05, 0) is 19.9 Å². The van der Waals surface area contributed by atoms with Crippen LogP contribution >= 0.6 is 0 Å². The molecule has 0 unspecified atom stereocenters. The lowest BCUT2D eigenvalue weighted by molar-refractivity contribution is -0.140. The zero-order valence-corrected chi connectivity index (χ0v) is 15.0. The second-order valence-corrected chi connectivity index (χ2v) is 6.64. The van der Waals surface area contributed by atoms with E-state index in [2.05, 4.69) is 36.4 Å². The number of amides is 2. The zero-order valence-electron chi connectivity index (χ0n) is 15.0. The van der Waals surface area contributed by atoms with Crippen LogP contribution in [0.15, 0.2) is 20.5 Å². The van der Waals surface area contributed by atoms with E-state index < -0.39 is 35.9 Å². The van der Waals surface area contributed by atoms with Gasteiger partial charge in [-0.2, -0.15) is 20.5 Å². The molecule has 0 aromatic rings. The van der Waals surface area contributed by atoms with Gasteiger partial charge >= 0.3 is 5.97 Å². The van der Waals surface area contributed by atoms with Crippen molar-refractivity contribution in [3.8, 4) is 0 Å². The van der Waals surface area contributed by atoms with Gasteiger partial charge in [0.05, 0.1) is 13.0 Å². The Balaban J connectivity index is 1.68. The third kappa shape index (κ3) is 6.47. The molecule has 0 aliphatic carbocycles. The summed E-state index contributed by atoms with van der Waals surface area (Å²) in [6, 6.07) is -1.13. The van der Waals surface area contributed by atoms with E-state index in [1.54, 1.807) is 0 Å². The largest absolute Gasteiger partial charge is 0.481 e. The van der Waals surface area contributed by atoms with Crippen LogP contribution in [0.4, 0.5) is 0 Å². The first-order valence-corrected chi connectivity index (χ1v) is 8.65. The van der Waals surface area contributed by atoms with Gasteiger partial charge in [0.2, 0.25) is 11.8 Å². The van der Waals surface area contributed by atoms with Crippen LogP contribution < -0.4 is 16.0 Å². The van der Waals surface area contributed by atoms with Crippen molar-refractivity contribution in [2.24, 2.45) is 20.5 Å². The number of aliphatic carboxylic acids is 1. The molecule has 0 saturated carbocycles. The Kier molecular flexibility index (Phi) is 6.35. The summed E-state index contributed by atoms with van der Waals surface area (Å²) in [6.45, 7) is 4.66. The molecule has 144 valence electrons. The van der Waals surface area contributed by atoms with Crippen LogP contribution in [0.25, 0.3) is 0 Å². The van der Waals surface area contributed by atoms with Crippen LogP contribution in [0, 0.1) is 0 Å². The molecule has 11 heteroatoms. The number of nitrogens with zero attached hydrogens (tertiary/aromatic N) is 4. The van der Waals surface area contributed by atoms with E-state index >= 15 is 0 Å². The number of carboxylic acids is 1. The molecule has 0 spiro atoms. The lowest BCUT2D eigenvalue weighted by Crippen LogP contribution is -2.50. The van der Waals surface area contributed by atoms with Gasteiger partial charge in [0.25, 0.3) is 0 Å². The first-order chi connectivity index (χ1) is 12.3. The van der Waals surface area contributed by atoms with E-state index in [1.807, 2.05) is 13.8 Å². The quantitative estimate of drug-likeness (QED) is 0.342. The molecule has 0 aromatic heterocycles. The smallest absolute Gasteiger partial charge is 0.305 e. The van der Waals surface area contributed by atoms with Gasteiger partial charge in [0, 0.05) is 19.4 Å². The van der Waals surface area contributed by atoms with Crippen molar-refractivity contribution in [1.29, 1.82) is 0 Å². The summed E-state index contributed by atoms with van der Waals surface area (Å²) >= 11 is 0. The van der Waals surface area contributed by atoms with Gasteiger partial charge in [0.1, 0.15) is 6.04 Å². The zero-order chi connectivity index (χ0) is 19.2. The topological polar surface area (TPSA) is 157 Å². The molecule has 2 aliphatic rings. The number of carboxylic acid groups (broad SMARTS) is 1. The van der Waals surface area contributed by atoms with E-state index in [0.717, 1.165) is 6.42 Å². The highest BCUT2D eigenvalue weighted by atomic mass is 16.4. The summed E-state index contributed by atoms with van der Waals surface area (Å²) in [4.78, 5) is 35.1. The molecular weight excluding hydrogens is 342 g/mol. The molecule has 26 heavy (non-hydrogen) atoms. The second kappa shape index (κ2) is 8.30. The summed E-state index contributed by atoms with van der Waals surface area (Å²) < 4.78 is 0. The summed E-state index contributed by atoms with van der Waals surface area (Å²) in [5.41, 5.74) is -0.745. The number of nitrogens with one attached hydrogen (secondary N) is 3. The fraction of sp³-hybridized carbons (Fsp3) is 0.800. The van der Waals surface area contributed by atoms with E-state index in [0.29, 0.717) is 25.9 Å². The average molecular weight is 367 g/mol. The van der Waals surface area contributed by atoms with Crippen molar-refractivity contribution in [1.82, 2.24) is 16.0 Å². The van der Waals surface area contributed by atoms with Gasteiger partial charge in [-0.25, -0.2) is 0 Å². The Morgan fingerprint density at radius 1 is 1.08 bits per heavy atom. The number of carbonyl (C=O) groups is 3. The lowest BCUT2D eigenvalue weighted by atomic mass is 10.1. The van der Waals surface area contributed by atoms with E-state index in [1.165, 1.54) is 0 Å². The standard InChI is InChI=1S/C15H25N7O4/c1-3-15(21-22-15)5-6-16-9-11(23)18-10(8-12(24)25)13(26)17-7-4-14(2)19-20-14/h10,16H,3-9H2,1-2H3,(H,17,26)(H,18,23)(H,24,25)/t10-/m0/s1. The maximum absolute atomic E-state index is 12.1. The van der Waals surface area contributed by atoms with Crippen LogP contribution in [-0.2, 0) is 14.4 Å². The highest BCUT2D eigenvalue weighted by Gasteiger charge is 2.37. The molecule has 0 radical (unpaired) electrons. The van der Waals surface area contributed by atoms with Gasteiger partial charge in [-0.3, -0.25) is 14.4 Å². The molecule has 0 fully saturated rings. The molecule has 2 aliphatic heterocycles. The van der Waals surface area contributed by atoms with Gasteiger partial charge in [-0.15, -0.1) is 0 Å². The summed E-state index contributed by atoms with van der Waals surface area (Å²) in [6.07, 6.45) is 1.57. The Bertz CT molecular complexity index is 607. The molecule has 0 bridgehead atoms. The van der Waals surface area contributed by atoms with E-state index in [4.69, 9.17) is 5.11 Å². The fourth-order valence-corrected chi connectivity index (χ4v) is 2.34. The summed E-state index contributed by atoms with van der Waals surface area (Å²) in [5, 5.41) is 32.6. The Hall–Kier alpha value is -2.43. The number of carbonyl (C=O) groups excluding carboxylic acids is 2. The molecule has 4 N–H and O–H groups in total. The van der Waals surface area contributed by atoms with Crippen molar-refractivity contribution < 1.29 is 19.5 Å². The van der Waals surface area contributed by atoms with E-state index in [-0.39, 0.29) is 12.2 Å². The molecular formula is C15H25N7O4.